The van der Waals surface area contributed by atoms with Crippen LogP contribution in [0, 0.1) is 0 Å². The molecule has 1 rings (SSSR count). The van der Waals surface area contributed by atoms with Gasteiger partial charge in [0.05, 0.1) is 12.7 Å². The molecule has 1 heterocycles. The van der Waals surface area contributed by atoms with Crippen LogP contribution in [0.3, 0.4) is 0 Å². The Balaban J connectivity index is 2.60. The first-order valence-electron chi connectivity index (χ1n) is 6.77. The van der Waals surface area contributed by atoms with Crippen LogP contribution in [0.15, 0.2) is 0 Å². The summed E-state index contributed by atoms with van der Waals surface area (Å²) < 4.78 is 16.7. The van der Waals surface area contributed by atoms with Gasteiger partial charge < -0.3 is 24.1 Å². The van der Waals surface area contributed by atoms with Crippen molar-refractivity contribution in [1.29, 1.82) is 0 Å². The quantitative estimate of drug-likeness (QED) is 0.768. The molecule has 0 bridgehead atoms. The molecule has 0 unspecified atom stereocenters. The normalized spacial score (nSPS) is 33.5. The van der Waals surface area contributed by atoms with Crippen molar-refractivity contribution in [2.75, 3.05) is 13.7 Å². The Bertz CT molecular complexity index is 289. The highest BCUT2D eigenvalue weighted by molar-refractivity contribution is 6.74. The summed E-state index contributed by atoms with van der Waals surface area (Å²) in [6.07, 6.45) is -2.48. The smallest absolute Gasteiger partial charge is 0.192 e. The van der Waals surface area contributed by atoms with E-state index in [1.807, 2.05) is 0 Å². The molecule has 4 atom stereocenters. The summed E-state index contributed by atoms with van der Waals surface area (Å²) in [5, 5.41) is 19.8. The van der Waals surface area contributed by atoms with Gasteiger partial charge in [0.15, 0.2) is 14.6 Å². The molecule has 0 saturated carbocycles. The monoisotopic (exact) mass is 292 g/mol. The fourth-order valence-corrected chi connectivity index (χ4v) is 2.73. The van der Waals surface area contributed by atoms with E-state index in [0.29, 0.717) is 0 Å². The summed E-state index contributed by atoms with van der Waals surface area (Å²) in [5.41, 5.74) is 0. The van der Waals surface area contributed by atoms with E-state index in [1.54, 1.807) is 0 Å². The minimum Gasteiger partial charge on any atom is -0.414 e. The van der Waals surface area contributed by atoms with Gasteiger partial charge in [-0.2, -0.15) is 0 Å². The Kier molecular flexibility index (Phi) is 5.57. The summed E-state index contributed by atoms with van der Waals surface area (Å²) in [4.78, 5) is 0. The molecule has 19 heavy (non-hydrogen) atoms. The molecule has 0 aromatic carbocycles. The molecule has 1 aliphatic heterocycles. The maximum Gasteiger partial charge on any atom is 0.192 e. The average Bonchev–Trinajstić information content (AvgIpc) is 2.29. The van der Waals surface area contributed by atoms with E-state index in [2.05, 4.69) is 33.9 Å². The van der Waals surface area contributed by atoms with E-state index >= 15 is 0 Å². The Hall–Kier alpha value is 0.0169. The van der Waals surface area contributed by atoms with Crippen LogP contribution in [0.4, 0.5) is 0 Å². The molecule has 0 amide bonds. The van der Waals surface area contributed by atoms with Crippen molar-refractivity contribution in [1.82, 2.24) is 0 Å². The number of methoxy groups -OCH3 is 1. The lowest BCUT2D eigenvalue weighted by molar-refractivity contribution is -0.247. The molecule has 2 N–H and O–H groups in total. The minimum absolute atomic E-state index is 0.103. The lowest BCUT2D eigenvalue weighted by atomic mass is 10.0. The lowest BCUT2D eigenvalue weighted by Crippen LogP contribution is -2.53. The second kappa shape index (κ2) is 6.20. The van der Waals surface area contributed by atoms with Crippen molar-refractivity contribution in [3.8, 4) is 0 Å². The van der Waals surface area contributed by atoms with E-state index in [9.17, 15) is 10.2 Å². The van der Waals surface area contributed by atoms with Crippen LogP contribution in [0.5, 0.6) is 0 Å². The topological polar surface area (TPSA) is 68.2 Å². The molecule has 6 heteroatoms. The van der Waals surface area contributed by atoms with Crippen molar-refractivity contribution in [2.24, 2.45) is 0 Å². The number of aliphatic hydroxyl groups excluding tert-OH is 2. The van der Waals surface area contributed by atoms with Crippen LogP contribution in [-0.4, -0.2) is 56.8 Å². The van der Waals surface area contributed by atoms with Crippen molar-refractivity contribution in [2.45, 2.75) is 69.9 Å². The van der Waals surface area contributed by atoms with Crippen LogP contribution >= 0.6 is 0 Å². The number of hydrogen-bond acceptors (Lipinski definition) is 5. The van der Waals surface area contributed by atoms with E-state index in [1.165, 1.54) is 7.11 Å². The standard InChI is InChI=1S/C13H28O5Si/c1-13(2,3)19(5,6)17-8-10-12(15)9(14)7-11(16-4)18-10/h9-12,14-15H,7-8H2,1-6H3/t9-,10-,11+,12+/m1/s1. The zero-order chi connectivity index (χ0) is 14.8. The summed E-state index contributed by atoms with van der Waals surface area (Å²) in [6.45, 7) is 11.0. The van der Waals surface area contributed by atoms with Crippen LogP contribution in [-0.2, 0) is 13.9 Å². The van der Waals surface area contributed by atoms with Crippen molar-refractivity contribution in [3.05, 3.63) is 0 Å². The van der Waals surface area contributed by atoms with E-state index in [0.717, 1.165) is 0 Å². The van der Waals surface area contributed by atoms with Gasteiger partial charge in [0.1, 0.15) is 12.2 Å². The van der Waals surface area contributed by atoms with Gasteiger partial charge in [-0.3, -0.25) is 0 Å². The Labute approximate surface area is 117 Å². The molecule has 0 radical (unpaired) electrons. The number of hydrogen-bond donors (Lipinski definition) is 2. The molecule has 5 nitrogen and oxygen atoms in total. The molecule has 114 valence electrons. The average molecular weight is 292 g/mol. The number of ether oxygens (including phenoxy) is 2. The molecule has 1 fully saturated rings. The first kappa shape index (κ1) is 17.1. The number of rotatable bonds is 4. The van der Waals surface area contributed by atoms with Crippen molar-refractivity contribution < 1.29 is 24.1 Å². The van der Waals surface area contributed by atoms with Crippen LogP contribution < -0.4 is 0 Å². The fraction of sp³-hybridized carbons (Fsp3) is 1.00. The van der Waals surface area contributed by atoms with Gasteiger partial charge in [0.2, 0.25) is 0 Å². The summed E-state index contributed by atoms with van der Waals surface area (Å²) in [7, 11) is -0.358. The summed E-state index contributed by atoms with van der Waals surface area (Å²) in [6, 6.07) is 0. The first-order valence-corrected chi connectivity index (χ1v) is 9.67. The van der Waals surface area contributed by atoms with Crippen LogP contribution in [0.1, 0.15) is 27.2 Å². The van der Waals surface area contributed by atoms with Crippen molar-refractivity contribution in [3.63, 3.8) is 0 Å². The third-order valence-electron chi connectivity index (χ3n) is 4.21. The maximum atomic E-state index is 9.96. The lowest BCUT2D eigenvalue weighted by Gasteiger charge is -2.40. The van der Waals surface area contributed by atoms with E-state index in [4.69, 9.17) is 13.9 Å². The van der Waals surface area contributed by atoms with Gasteiger partial charge in [0.25, 0.3) is 0 Å². The summed E-state index contributed by atoms with van der Waals surface area (Å²) >= 11 is 0. The van der Waals surface area contributed by atoms with Gasteiger partial charge >= 0.3 is 0 Å². The molecule has 1 saturated heterocycles. The number of aliphatic hydroxyl groups is 2. The highest BCUT2D eigenvalue weighted by atomic mass is 28.4. The Morgan fingerprint density at radius 3 is 2.32 bits per heavy atom. The maximum absolute atomic E-state index is 9.96. The van der Waals surface area contributed by atoms with Gasteiger partial charge in [-0.05, 0) is 18.1 Å². The molecular weight excluding hydrogens is 264 g/mol. The molecule has 0 aromatic rings. The van der Waals surface area contributed by atoms with Crippen LogP contribution in [0.25, 0.3) is 0 Å². The predicted octanol–water partition coefficient (Wildman–Crippen LogP) is 1.49. The molecular formula is C13H28O5Si. The highest BCUT2D eigenvalue weighted by Crippen LogP contribution is 2.37. The van der Waals surface area contributed by atoms with E-state index < -0.39 is 32.9 Å². The highest BCUT2D eigenvalue weighted by Gasteiger charge is 2.41. The van der Waals surface area contributed by atoms with Gasteiger partial charge in [0, 0.05) is 13.5 Å². The largest absolute Gasteiger partial charge is 0.414 e. The third-order valence-corrected chi connectivity index (χ3v) is 8.71. The van der Waals surface area contributed by atoms with Gasteiger partial charge in [-0.15, -0.1) is 0 Å². The fourth-order valence-electron chi connectivity index (χ4n) is 1.71. The zero-order valence-corrected chi connectivity index (χ0v) is 13.8. The van der Waals surface area contributed by atoms with Gasteiger partial charge in [-0.1, -0.05) is 20.8 Å². The minimum atomic E-state index is -1.89. The Morgan fingerprint density at radius 2 is 1.84 bits per heavy atom. The molecule has 0 aromatic heterocycles. The predicted molar refractivity (Wildman–Crippen MR) is 75.4 cm³/mol. The van der Waals surface area contributed by atoms with Crippen LogP contribution in [0.2, 0.25) is 18.1 Å². The second-order valence-corrected chi connectivity index (χ2v) is 11.5. The first-order chi connectivity index (χ1) is 8.58. The third kappa shape index (κ3) is 4.24. The Morgan fingerprint density at radius 1 is 1.26 bits per heavy atom. The SMILES string of the molecule is CO[C@@H]1C[C@@H](O)[C@H](O)[C@@H](CO[Si](C)(C)C(C)(C)C)O1. The van der Waals surface area contributed by atoms with Gasteiger partial charge in [-0.25, -0.2) is 0 Å². The molecule has 1 aliphatic rings. The summed E-state index contributed by atoms with van der Waals surface area (Å²) in [5.74, 6) is 0. The zero-order valence-electron chi connectivity index (χ0n) is 12.8. The molecule has 0 aliphatic carbocycles. The van der Waals surface area contributed by atoms with E-state index in [-0.39, 0.29) is 18.1 Å². The molecule has 0 spiro atoms. The second-order valence-electron chi connectivity index (χ2n) is 6.70. The van der Waals surface area contributed by atoms with Crippen molar-refractivity contribution >= 4 is 8.32 Å².